The highest BCUT2D eigenvalue weighted by Crippen LogP contribution is 2.32. The highest BCUT2D eigenvalue weighted by Gasteiger charge is 2.29. The van der Waals surface area contributed by atoms with Gasteiger partial charge in [0.1, 0.15) is 11.6 Å². The summed E-state index contributed by atoms with van der Waals surface area (Å²) in [5, 5.41) is 6.07. The Morgan fingerprint density at radius 1 is 1.24 bits per heavy atom. The topological polar surface area (TPSA) is 66.8 Å². The Bertz CT molecular complexity index is 821. The minimum absolute atomic E-state index is 0.235. The van der Waals surface area contributed by atoms with Gasteiger partial charge in [0.2, 0.25) is 0 Å². The molecule has 0 spiro atoms. The molecule has 0 aromatic carbocycles. The summed E-state index contributed by atoms with van der Waals surface area (Å²) in [6.07, 6.45) is 5.87. The number of thiazole rings is 1. The third-order valence-electron chi connectivity index (χ3n) is 4.29. The average molecular weight is 352 g/mol. The number of pyridine rings is 1. The van der Waals surface area contributed by atoms with Crippen molar-refractivity contribution in [1.29, 1.82) is 0 Å². The summed E-state index contributed by atoms with van der Waals surface area (Å²) in [7, 11) is 0. The van der Waals surface area contributed by atoms with Gasteiger partial charge in [0.05, 0.1) is 11.7 Å². The van der Waals surface area contributed by atoms with Crippen LogP contribution in [0.2, 0.25) is 0 Å². The van der Waals surface area contributed by atoms with E-state index < -0.39 is 0 Å². The van der Waals surface area contributed by atoms with E-state index in [1.165, 1.54) is 0 Å². The van der Waals surface area contributed by atoms with E-state index in [1.807, 2.05) is 36.7 Å². The first-order valence-corrected chi connectivity index (χ1v) is 9.32. The maximum atomic E-state index is 4.76. The van der Waals surface area contributed by atoms with Gasteiger partial charge in [-0.2, -0.15) is 0 Å². The fourth-order valence-electron chi connectivity index (χ4n) is 3.21. The summed E-state index contributed by atoms with van der Waals surface area (Å²) >= 11 is 1.56. The quantitative estimate of drug-likeness (QED) is 0.755. The minimum Gasteiger partial charge on any atom is -0.316 e. The smallest absolute Gasteiger partial charge is 0.188 e. The Balaban J connectivity index is 1.56. The number of rotatable bonds is 5. The van der Waals surface area contributed by atoms with Crippen LogP contribution in [0.15, 0.2) is 42.0 Å². The molecule has 0 saturated carbocycles. The van der Waals surface area contributed by atoms with Gasteiger partial charge >= 0.3 is 0 Å². The predicted molar refractivity (Wildman–Crippen MR) is 98.8 cm³/mol. The number of aromatic nitrogens is 4. The van der Waals surface area contributed by atoms with E-state index in [4.69, 9.17) is 9.97 Å². The molecule has 4 rings (SSSR count). The van der Waals surface area contributed by atoms with Crippen molar-refractivity contribution in [2.75, 3.05) is 11.9 Å². The standard InChI is InChI=1S/C18H20N6S/c1-13-11-16(23-18-20-8-10-25-18)22-17(21-13)15-6-4-9-24(15)12-14-5-2-3-7-19-14/h2-3,5,7-8,10-11,15H,4,6,9,12H2,1H3,(H,20,21,22,23). The van der Waals surface area contributed by atoms with Gasteiger partial charge in [0.15, 0.2) is 5.13 Å². The van der Waals surface area contributed by atoms with Crippen molar-refractivity contribution in [2.45, 2.75) is 32.4 Å². The maximum absolute atomic E-state index is 4.76. The summed E-state index contributed by atoms with van der Waals surface area (Å²) in [5.74, 6) is 1.69. The lowest BCUT2D eigenvalue weighted by molar-refractivity contribution is 0.237. The second kappa shape index (κ2) is 7.25. The van der Waals surface area contributed by atoms with Crippen LogP contribution in [-0.2, 0) is 6.54 Å². The van der Waals surface area contributed by atoms with E-state index in [0.29, 0.717) is 0 Å². The van der Waals surface area contributed by atoms with Crippen molar-refractivity contribution in [3.05, 3.63) is 59.3 Å². The molecule has 0 amide bonds. The summed E-state index contributed by atoms with van der Waals surface area (Å²) < 4.78 is 0. The zero-order valence-corrected chi connectivity index (χ0v) is 14.9. The number of nitrogens with zero attached hydrogens (tertiary/aromatic N) is 5. The maximum Gasteiger partial charge on any atom is 0.188 e. The molecule has 0 aliphatic carbocycles. The molecule has 7 heteroatoms. The van der Waals surface area contributed by atoms with Crippen LogP contribution in [0.25, 0.3) is 0 Å². The van der Waals surface area contributed by atoms with Crippen molar-refractivity contribution in [3.63, 3.8) is 0 Å². The van der Waals surface area contributed by atoms with E-state index in [1.54, 1.807) is 17.5 Å². The number of hydrogen-bond acceptors (Lipinski definition) is 7. The van der Waals surface area contributed by atoms with Crippen LogP contribution in [0.5, 0.6) is 0 Å². The average Bonchev–Trinajstić information content (AvgIpc) is 3.27. The lowest BCUT2D eigenvalue weighted by Gasteiger charge is -2.23. The Hall–Kier alpha value is -2.38. The van der Waals surface area contributed by atoms with Gasteiger partial charge in [0.25, 0.3) is 0 Å². The van der Waals surface area contributed by atoms with E-state index in [9.17, 15) is 0 Å². The van der Waals surface area contributed by atoms with Crippen LogP contribution in [0.4, 0.5) is 10.9 Å². The lowest BCUT2D eigenvalue weighted by atomic mass is 10.2. The first-order chi connectivity index (χ1) is 12.3. The monoisotopic (exact) mass is 352 g/mol. The molecular formula is C18H20N6S. The van der Waals surface area contributed by atoms with Gasteiger partial charge in [-0.15, -0.1) is 11.3 Å². The SMILES string of the molecule is Cc1cc(Nc2nccs2)nc(C2CCCN2Cc2ccccn2)n1. The molecule has 1 fully saturated rings. The number of hydrogen-bond donors (Lipinski definition) is 1. The second-order valence-corrected chi connectivity index (χ2v) is 7.06. The zero-order chi connectivity index (χ0) is 17.1. The van der Waals surface area contributed by atoms with Crippen LogP contribution in [0, 0.1) is 6.92 Å². The summed E-state index contributed by atoms with van der Waals surface area (Å²) in [6, 6.07) is 8.25. The second-order valence-electron chi connectivity index (χ2n) is 6.16. The molecule has 128 valence electrons. The van der Waals surface area contributed by atoms with Gasteiger partial charge in [0, 0.05) is 36.1 Å². The van der Waals surface area contributed by atoms with Crippen molar-refractivity contribution in [2.24, 2.45) is 0 Å². The molecule has 1 aliphatic rings. The third kappa shape index (κ3) is 3.83. The number of nitrogens with one attached hydrogen (secondary N) is 1. The molecule has 1 atom stereocenters. The molecule has 25 heavy (non-hydrogen) atoms. The molecule has 0 radical (unpaired) electrons. The highest BCUT2D eigenvalue weighted by atomic mass is 32.1. The van der Waals surface area contributed by atoms with Gasteiger partial charge in [-0.05, 0) is 38.4 Å². The van der Waals surface area contributed by atoms with Gasteiger partial charge in [-0.3, -0.25) is 9.88 Å². The van der Waals surface area contributed by atoms with Crippen LogP contribution in [0.3, 0.4) is 0 Å². The molecule has 1 unspecified atom stereocenters. The van der Waals surface area contributed by atoms with E-state index in [-0.39, 0.29) is 6.04 Å². The molecule has 1 saturated heterocycles. The molecule has 6 nitrogen and oxygen atoms in total. The Labute approximate surface area is 151 Å². The zero-order valence-electron chi connectivity index (χ0n) is 14.1. The van der Waals surface area contributed by atoms with E-state index >= 15 is 0 Å². The number of aryl methyl sites for hydroxylation is 1. The Kier molecular flexibility index (Phi) is 4.67. The molecule has 1 N–H and O–H groups in total. The Morgan fingerprint density at radius 2 is 2.20 bits per heavy atom. The van der Waals surface area contributed by atoms with E-state index in [0.717, 1.165) is 54.1 Å². The van der Waals surface area contributed by atoms with Crippen LogP contribution < -0.4 is 5.32 Å². The molecule has 3 aromatic rings. The molecule has 3 aromatic heterocycles. The summed E-state index contributed by atoms with van der Waals surface area (Å²) in [4.78, 5) is 20.6. The lowest BCUT2D eigenvalue weighted by Crippen LogP contribution is -2.25. The van der Waals surface area contributed by atoms with Crippen LogP contribution in [-0.4, -0.2) is 31.4 Å². The largest absolute Gasteiger partial charge is 0.316 e. The van der Waals surface area contributed by atoms with Crippen LogP contribution in [0.1, 0.15) is 36.1 Å². The van der Waals surface area contributed by atoms with Crippen molar-refractivity contribution >= 4 is 22.3 Å². The summed E-state index contributed by atoms with van der Waals surface area (Å²) in [5.41, 5.74) is 2.05. The fraction of sp³-hybridized carbons (Fsp3) is 0.333. The molecule has 4 heterocycles. The highest BCUT2D eigenvalue weighted by molar-refractivity contribution is 7.13. The molecule has 0 bridgehead atoms. The van der Waals surface area contributed by atoms with Gasteiger partial charge < -0.3 is 5.32 Å². The number of anilines is 2. The normalized spacial score (nSPS) is 17.7. The van der Waals surface area contributed by atoms with E-state index in [2.05, 4.69) is 26.3 Å². The molecule has 1 aliphatic heterocycles. The van der Waals surface area contributed by atoms with Gasteiger partial charge in [-0.1, -0.05) is 6.07 Å². The molecular weight excluding hydrogens is 332 g/mol. The number of likely N-dealkylation sites (tertiary alicyclic amines) is 1. The first kappa shape index (κ1) is 16.1. The third-order valence-corrected chi connectivity index (χ3v) is 4.98. The van der Waals surface area contributed by atoms with Gasteiger partial charge in [-0.25, -0.2) is 15.0 Å². The van der Waals surface area contributed by atoms with Crippen LogP contribution >= 0.6 is 11.3 Å². The fourth-order valence-corrected chi connectivity index (χ4v) is 3.74. The summed E-state index contributed by atoms with van der Waals surface area (Å²) in [6.45, 7) is 3.89. The van der Waals surface area contributed by atoms with Crippen molar-refractivity contribution in [3.8, 4) is 0 Å². The first-order valence-electron chi connectivity index (χ1n) is 8.44. The Morgan fingerprint density at radius 3 is 3.00 bits per heavy atom. The van der Waals surface area contributed by atoms with Crippen molar-refractivity contribution < 1.29 is 0 Å². The van der Waals surface area contributed by atoms with Crippen molar-refractivity contribution in [1.82, 2.24) is 24.8 Å². The minimum atomic E-state index is 0.235. The predicted octanol–water partition coefficient (Wildman–Crippen LogP) is 3.72.